The fraction of sp³-hybridized carbons (Fsp3) is 0.600. The van der Waals surface area contributed by atoms with Gasteiger partial charge in [-0.1, -0.05) is 30.3 Å². The zero-order valence-corrected chi connectivity index (χ0v) is 11.7. The van der Waals surface area contributed by atoms with Crippen molar-refractivity contribution < 1.29 is 4.74 Å². The molecule has 1 aliphatic rings. The summed E-state index contributed by atoms with van der Waals surface area (Å²) in [6.07, 6.45) is 6.37. The first kappa shape index (κ1) is 15.5. The average molecular weight is 270 g/mol. The maximum Gasteiger partial charge on any atom is 0.0575 e. The van der Waals surface area contributed by atoms with Crippen LogP contribution in [0.3, 0.4) is 0 Å². The third kappa shape index (κ3) is 4.97. The van der Waals surface area contributed by atoms with Gasteiger partial charge in [0.1, 0.15) is 0 Å². The van der Waals surface area contributed by atoms with E-state index >= 15 is 0 Å². The number of hydrogen-bond acceptors (Lipinski definition) is 2. The first-order valence-corrected chi connectivity index (χ1v) is 6.74. The molecule has 1 aliphatic carbocycles. The van der Waals surface area contributed by atoms with Crippen molar-refractivity contribution in [2.24, 2.45) is 11.7 Å². The van der Waals surface area contributed by atoms with E-state index < -0.39 is 0 Å². The van der Waals surface area contributed by atoms with Crippen LogP contribution in [-0.2, 0) is 11.2 Å². The topological polar surface area (TPSA) is 35.2 Å². The zero-order chi connectivity index (χ0) is 11.9. The molecule has 0 unspecified atom stereocenters. The molecule has 2 N–H and O–H groups in total. The maximum absolute atomic E-state index is 5.94. The van der Waals surface area contributed by atoms with E-state index in [-0.39, 0.29) is 12.4 Å². The van der Waals surface area contributed by atoms with Gasteiger partial charge in [0.25, 0.3) is 0 Å². The minimum atomic E-state index is 0. The Hall–Kier alpha value is -0.570. The molecule has 0 saturated heterocycles. The molecule has 0 bridgehead atoms. The van der Waals surface area contributed by atoms with Crippen LogP contribution in [0.25, 0.3) is 0 Å². The molecule has 102 valence electrons. The van der Waals surface area contributed by atoms with Crippen LogP contribution < -0.4 is 5.73 Å². The lowest BCUT2D eigenvalue weighted by Crippen LogP contribution is -2.26. The van der Waals surface area contributed by atoms with Gasteiger partial charge in [0.2, 0.25) is 0 Å². The molecule has 0 atom stereocenters. The Morgan fingerprint density at radius 1 is 1.06 bits per heavy atom. The van der Waals surface area contributed by atoms with E-state index in [0.717, 1.165) is 25.5 Å². The van der Waals surface area contributed by atoms with Gasteiger partial charge in [0, 0.05) is 0 Å². The van der Waals surface area contributed by atoms with Crippen LogP contribution in [-0.4, -0.2) is 19.3 Å². The lowest BCUT2D eigenvalue weighted by molar-refractivity contribution is 0.0207. The van der Waals surface area contributed by atoms with Crippen molar-refractivity contribution in [2.75, 3.05) is 13.2 Å². The number of nitrogens with two attached hydrogens (primary N) is 1. The molecule has 1 saturated carbocycles. The minimum Gasteiger partial charge on any atom is -0.378 e. The Labute approximate surface area is 116 Å². The Morgan fingerprint density at radius 3 is 2.33 bits per heavy atom. The highest BCUT2D eigenvalue weighted by atomic mass is 35.5. The molecule has 1 aromatic rings. The number of benzene rings is 1. The second-order valence-corrected chi connectivity index (χ2v) is 4.98. The average Bonchev–Trinajstić information content (AvgIpc) is 2.41. The van der Waals surface area contributed by atoms with Gasteiger partial charge in [0.15, 0.2) is 0 Å². The van der Waals surface area contributed by atoms with Gasteiger partial charge in [-0.3, -0.25) is 0 Å². The molecular formula is C15H24ClNO. The van der Waals surface area contributed by atoms with Crippen molar-refractivity contribution in [1.29, 1.82) is 0 Å². The summed E-state index contributed by atoms with van der Waals surface area (Å²) in [5.41, 5.74) is 7.05. The SMILES string of the molecule is Cl.NCC1CCC(OCCc2ccccc2)CC1. The molecule has 1 fully saturated rings. The second kappa shape index (κ2) is 8.52. The first-order valence-electron chi connectivity index (χ1n) is 6.74. The molecule has 3 heteroatoms. The van der Waals surface area contributed by atoms with Crippen LogP contribution in [0.1, 0.15) is 31.2 Å². The fourth-order valence-corrected chi connectivity index (χ4v) is 2.52. The molecule has 0 radical (unpaired) electrons. The Bertz CT molecular complexity index is 310. The van der Waals surface area contributed by atoms with E-state index in [9.17, 15) is 0 Å². The third-order valence-electron chi connectivity index (χ3n) is 3.71. The number of ether oxygens (including phenoxy) is 1. The second-order valence-electron chi connectivity index (χ2n) is 4.98. The molecule has 0 amide bonds. The van der Waals surface area contributed by atoms with Gasteiger partial charge in [-0.25, -0.2) is 0 Å². The Kier molecular flexibility index (Phi) is 7.33. The lowest BCUT2D eigenvalue weighted by Gasteiger charge is -2.27. The van der Waals surface area contributed by atoms with Crippen molar-refractivity contribution in [3.05, 3.63) is 35.9 Å². The predicted molar refractivity (Wildman–Crippen MR) is 78.1 cm³/mol. The van der Waals surface area contributed by atoms with E-state index in [4.69, 9.17) is 10.5 Å². The standard InChI is InChI=1S/C15H23NO.ClH/c16-12-14-6-8-15(9-7-14)17-11-10-13-4-2-1-3-5-13;/h1-5,14-15H,6-12,16H2;1H. The van der Waals surface area contributed by atoms with Gasteiger partial charge in [-0.2, -0.15) is 0 Å². The summed E-state index contributed by atoms with van der Waals surface area (Å²) >= 11 is 0. The van der Waals surface area contributed by atoms with Gasteiger partial charge in [-0.15, -0.1) is 12.4 Å². The Balaban J connectivity index is 0.00000162. The predicted octanol–water partition coefficient (Wildman–Crippen LogP) is 3.19. The molecule has 2 nitrogen and oxygen atoms in total. The first-order chi connectivity index (χ1) is 8.38. The highest BCUT2D eigenvalue weighted by molar-refractivity contribution is 5.85. The fourth-order valence-electron chi connectivity index (χ4n) is 2.52. The molecule has 0 aliphatic heterocycles. The maximum atomic E-state index is 5.94. The van der Waals surface area contributed by atoms with Crippen molar-refractivity contribution in [3.63, 3.8) is 0 Å². The highest BCUT2D eigenvalue weighted by Crippen LogP contribution is 2.25. The highest BCUT2D eigenvalue weighted by Gasteiger charge is 2.20. The minimum absolute atomic E-state index is 0. The normalized spacial score (nSPS) is 23.4. The third-order valence-corrected chi connectivity index (χ3v) is 3.71. The van der Waals surface area contributed by atoms with Gasteiger partial charge < -0.3 is 10.5 Å². The monoisotopic (exact) mass is 269 g/mol. The van der Waals surface area contributed by atoms with Gasteiger partial charge in [0.05, 0.1) is 12.7 Å². The quantitative estimate of drug-likeness (QED) is 0.891. The summed E-state index contributed by atoms with van der Waals surface area (Å²) in [4.78, 5) is 0. The van der Waals surface area contributed by atoms with E-state index in [1.165, 1.54) is 31.2 Å². The molecule has 0 heterocycles. The zero-order valence-electron chi connectivity index (χ0n) is 10.9. The van der Waals surface area contributed by atoms with E-state index in [1.807, 2.05) is 0 Å². The molecular weight excluding hydrogens is 246 g/mol. The smallest absolute Gasteiger partial charge is 0.0575 e. The summed E-state index contributed by atoms with van der Waals surface area (Å²) < 4.78 is 5.94. The van der Waals surface area contributed by atoms with Crippen LogP contribution in [0.2, 0.25) is 0 Å². The van der Waals surface area contributed by atoms with Crippen LogP contribution in [0.5, 0.6) is 0 Å². The molecule has 0 aromatic heterocycles. The summed E-state index contributed by atoms with van der Waals surface area (Å²) in [7, 11) is 0. The Morgan fingerprint density at radius 2 is 1.72 bits per heavy atom. The van der Waals surface area contributed by atoms with E-state index in [2.05, 4.69) is 30.3 Å². The molecule has 1 aromatic carbocycles. The van der Waals surface area contributed by atoms with Crippen molar-refractivity contribution in [3.8, 4) is 0 Å². The number of rotatable bonds is 5. The van der Waals surface area contributed by atoms with Crippen LogP contribution in [0.15, 0.2) is 30.3 Å². The largest absolute Gasteiger partial charge is 0.378 e. The summed E-state index contributed by atoms with van der Waals surface area (Å²) in [5, 5.41) is 0. The molecule has 18 heavy (non-hydrogen) atoms. The van der Waals surface area contributed by atoms with E-state index in [0.29, 0.717) is 6.10 Å². The summed E-state index contributed by atoms with van der Waals surface area (Å²) in [5.74, 6) is 0.740. The van der Waals surface area contributed by atoms with Gasteiger partial charge in [-0.05, 0) is 50.1 Å². The molecule has 0 spiro atoms. The van der Waals surface area contributed by atoms with Crippen LogP contribution in [0, 0.1) is 5.92 Å². The van der Waals surface area contributed by atoms with Crippen molar-refractivity contribution in [1.82, 2.24) is 0 Å². The van der Waals surface area contributed by atoms with E-state index in [1.54, 1.807) is 0 Å². The summed E-state index contributed by atoms with van der Waals surface area (Å²) in [6, 6.07) is 10.5. The number of halogens is 1. The lowest BCUT2D eigenvalue weighted by atomic mass is 9.87. The van der Waals surface area contributed by atoms with Crippen LogP contribution in [0.4, 0.5) is 0 Å². The molecule has 2 rings (SSSR count). The van der Waals surface area contributed by atoms with Crippen LogP contribution >= 0.6 is 12.4 Å². The van der Waals surface area contributed by atoms with Gasteiger partial charge >= 0.3 is 0 Å². The summed E-state index contributed by atoms with van der Waals surface area (Å²) in [6.45, 7) is 1.69. The van der Waals surface area contributed by atoms with Crippen molar-refractivity contribution in [2.45, 2.75) is 38.2 Å². The van der Waals surface area contributed by atoms with Crippen molar-refractivity contribution >= 4 is 12.4 Å². The number of hydrogen-bond donors (Lipinski definition) is 1.